The van der Waals surface area contributed by atoms with Gasteiger partial charge < -0.3 is 0 Å². The molecule has 0 N–H and O–H groups in total. The fourth-order valence-electron chi connectivity index (χ4n) is 0. The molecule has 0 aliphatic rings. The van der Waals surface area contributed by atoms with Gasteiger partial charge in [0.2, 0.25) is 0 Å². The molecule has 0 atom stereocenters. The summed E-state index contributed by atoms with van der Waals surface area (Å²) >= 11 is 0. The predicted molar refractivity (Wildman–Crippen MR) is 12.9 cm³/mol. The van der Waals surface area contributed by atoms with E-state index >= 15 is 0 Å². The maximum Gasteiger partial charge on any atom is 0 e. The summed E-state index contributed by atoms with van der Waals surface area (Å²) in [5.41, 5.74) is 0. The van der Waals surface area contributed by atoms with Crippen molar-refractivity contribution in [2.45, 2.75) is 0 Å². The van der Waals surface area contributed by atoms with Crippen molar-refractivity contribution in [3.8, 4) is 0 Å². The molecule has 0 saturated carbocycles. The molecule has 0 aromatic rings. The van der Waals surface area contributed by atoms with Gasteiger partial charge in [0.15, 0.2) is 0 Å². The van der Waals surface area contributed by atoms with Gasteiger partial charge in [0.1, 0.15) is 0 Å². The zero-order chi connectivity index (χ0) is 0. The standard InChI is InChI=1S/Ac.Cs.In.Zr.H. The number of hydrogen-bond donors (Lipinski definition) is 0. The molecule has 0 amide bonds. The van der Waals surface area contributed by atoms with Crippen molar-refractivity contribution in [2.24, 2.45) is 0 Å². The van der Waals surface area contributed by atoms with E-state index in [1.54, 1.807) is 0 Å². The molecular weight excluding hydrogens is 566 g/mol. The molecule has 0 fully saturated rings. The van der Waals surface area contributed by atoms with Crippen LogP contribution in [0, 0.1) is 44.1 Å². The first-order valence-corrected chi connectivity index (χ1v) is 0. The van der Waals surface area contributed by atoms with Crippen LogP contribution in [0.5, 0.6) is 0 Å². The van der Waals surface area contributed by atoms with Gasteiger partial charge in [0, 0.05) is 96.1 Å². The van der Waals surface area contributed by atoms with Crippen LogP contribution >= 0.6 is 0 Å². The smallest absolute Gasteiger partial charge is 0 e. The Kier molecular flexibility index (Phi) is 89.8. The van der Waals surface area contributed by atoms with Gasteiger partial charge in [-0.3, -0.25) is 0 Å². The van der Waals surface area contributed by atoms with Gasteiger partial charge in [0.05, 0.1) is 0 Å². The maximum absolute atomic E-state index is 0. The zero-order valence-electron chi connectivity index (χ0n) is 1.65. The molecule has 0 bridgehead atoms. The minimum absolute atomic E-state index is 0. The summed E-state index contributed by atoms with van der Waals surface area (Å²) in [7, 11) is 0. The first kappa shape index (κ1) is 22.8. The Morgan fingerprint density at radius 3 is 1.00 bits per heavy atom. The van der Waals surface area contributed by atoms with Crippen molar-refractivity contribution in [1.82, 2.24) is 0 Å². The minimum Gasteiger partial charge on any atom is 0 e. The summed E-state index contributed by atoms with van der Waals surface area (Å²) in [4.78, 5) is 0. The van der Waals surface area contributed by atoms with Gasteiger partial charge in [0.25, 0.3) is 0 Å². The molecule has 0 aliphatic heterocycles. The van der Waals surface area contributed by atoms with Crippen LogP contribution in [-0.4, -0.2) is 94.7 Å². The molecule has 0 spiro atoms. The van der Waals surface area contributed by atoms with Crippen molar-refractivity contribution in [2.75, 3.05) is 0 Å². The fourth-order valence-corrected chi connectivity index (χ4v) is 0. The van der Waals surface area contributed by atoms with Crippen LogP contribution in [0.3, 0.4) is 0 Å². The first-order chi connectivity index (χ1) is 0. The van der Waals surface area contributed by atoms with Crippen molar-refractivity contribution >= 4 is 94.7 Å². The minimum atomic E-state index is 0. The van der Waals surface area contributed by atoms with E-state index in [9.17, 15) is 0 Å². The second kappa shape index (κ2) is 15.7. The summed E-state index contributed by atoms with van der Waals surface area (Å²) < 4.78 is 0. The van der Waals surface area contributed by atoms with Crippen LogP contribution < -0.4 is 0 Å². The largest absolute Gasteiger partial charge is 0 e. The van der Waals surface area contributed by atoms with Gasteiger partial charge in [-0.15, -0.1) is 0 Å². The summed E-state index contributed by atoms with van der Waals surface area (Å²) in [6.45, 7) is 0. The van der Waals surface area contributed by atoms with Gasteiger partial charge in [-0.2, -0.15) is 0 Å². The van der Waals surface area contributed by atoms with E-state index in [0.717, 1.165) is 0 Å². The average molecular weight is 567 g/mol. The Hall–Kier alpha value is 5.25. The van der Waals surface area contributed by atoms with Crippen molar-refractivity contribution in [3.05, 3.63) is 0 Å². The normalized spacial score (nSPS) is 0. The third-order valence-corrected chi connectivity index (χ3v) is 0. The zero-order valence-corrected chi connectivity index (χ0v) is 12.2. The molecule has 0 aromatic heterocycles. The van der Waals surface area contributed by atoms with Gasteiger partial charge in [-0.05, 0) is 0 Å². The summed E-state index contributed by atoms with van der Waals surface area (Å²) in [6.07, 6.45) is 0. The van der Waals surface area contributed by atoms with Crippen LogP contribution in [0.4, 0.5) is 0 Å². The molecule has 0 aromatic carbocycles. The summed E-state index contributed by atoms with van der Waals surface area (Å²) in [5.74, 6) is 0. The van der Waals surface area contributed by atoms with E-state index in [1.165, 1.54) is 0 Å². The maximum atomic E-state index is 0. The molecule has 4 heteroatoms. The predicted octanol–water partition coefficient (Wildman–Crippen LogP) is -1.03. The van der Waals surface area contributed by atoms with Crippen LogP contribution in [0.1, 0.15) is 0 Å². The molecule has 0 unspecified atom stereocenters. The second-order valence-corrected chi connectivity index (χ2v) is 0. The van der Waals surface area contributed by atoms with Gasteiger partial charge in [-0.1, -0.05) is 0 Å². The van der Waals surface area contributed by atoms with Crippen molar-refractivity contribution < 1.29 is 70.3 Å². The van der Waals surface area contributed by atoms with Crippen LogP contribution in [0.25, 0.3) is 0 Å². The molecule has 0 rings (SSSR count). The molecule has 0 saturated heterocycles. The van der Waals surface area contributed by atoms with Crippen molar-refractivity contribution in [3.63, 3.8) is 0 Å². The quantitative estimate of drug-likeness (QED) is 0.352. The first-order valence-electron chi connectivity index (χ1n) is 0. The summed E-state index contributed by atoms with van der Waals surface area (Å²) in [5, 5.41) is 0. The van der Waals surface area contributed by atoms with E-state index in [1.807, 2.05) is 0 Å². The van der Waals surface area contributed by atoms with Crippen LogP contribution in [0.15, 0.2) is 0 Å². The molecule has 0 nitrogen and oxygen atoms in total. The molecule has 4 radical (unpaired) electrons. The SMILES string of the molecule is [Ac].[CsH].[In].[Zr]. The number of hydrogen-bond acceptors (Lipinski definition) is 0. The average Bonchev–Trinajstić information content (AvgIpc) is 0. The third-order valence-electron chi connectivity index (χ3n) is 0. The van der Waals surface area contributed by atoms with Crippen LogP contribution in [-0.2, 0) is 26.2 Å². The summed E-state index contributed by atoms with van der Waals surface area (Å²) in [6, 6.07) is 0. The van der Waals surface area contributed by atoms with Crippen molar-refractivity contribution in [1.29, 1.82) is 0 Å². The molecule has 4 heavy (non-hydrogen) atoms. The second-order valence-electron chi connectivity index (χ2n) is 0. The molecular formula is HAcCsInZr. The fraction of sp³-hybridized carbons (Fsp3) is 0. The Balaban J connectivity index is 0. The van der Waals surface area contributed by atoms with E-state index in [-0.39, 0.29) is 165 Å². The van der Waals surface area contributed by atoms with E-state index in [4.69, 9.17) is 0 Å². The monoisotopic (exact) mass is 566 g/mol. The Morgan fingerprint density at radius 2 is 1.00 bits per heavy atom. The molecule has 0 aliphatic carbocycles. The molecule has 0 heterocycles. The van der Waals surface area contributed by atoms with E-state index < -0.39 is 0 Å². The Morgan fingerprint density at radius 1 is 1.00 bits per heavy atom. The number of rotatable bonds is 0. The van der Waals surface area contributed by atoms with Crippen LogP contribution in [0.2, 0.25) is 0 Å². The van der Waals surface area contributed by atoms with E-state index in [0.29, 0.717) is 0 Å². The van der Waals surface area contributed by atoms with Gasteiger partial charge >= 0.3 is 68.9 Å². The van der Waals surface area contributed by atoms with Gasteiger partial charge in [-0.25, -0.2) is 0 Å². The topological polar surface area (TPSA) is 0 Å². The molecule has 12 valence electrons. The van der Waals surface area contributed by atoms with E-state index in [2.05, 4.69) is 0 Å². The Bertz CT molecular complexity index is 8.00. The Labute approximate surface area is 159 Å². The third kappa shape index (κ3) is 10.3.